The summed E-state index contributed by atoms with van der Waals surface area (Å²) in [6.45, 7) is 7.46. The number of allylic oxidation sites excluding steroid dienone is 1. The highest BCUT2D eigenvalue weighted by atomic mass is 16.6. The lowest BCUT2D eigenvalue weighted by Crippen LogP contribution is -2.37. The number of anilines is 1. The molecule has 28 heavy (non-hydrogen) atoms. The predicted molar refractivity (Wildman–Crippen MR) is 107 cm³/mol. The fourth-order valence-corrected chi connectivity index (χ4v) is 3.31. The van der Waals surface area contributed by atoms with Crippen LogP contribution in [0.15, 0.2) is 40.5 Å². The average Bonchev–Trinajstić information content (AvgIpc) is 2.60. The molecule has 152 valence electrons. The number of esters is 2. The SMILES string of the molecule is COCCOC(=O)C1C(C)=NC(C)=C(C(=O)OC(C)C)[C@H]1c1cccc(N)c1. The highest BCUT2D eigenvalue weighted by Gasteiger charge is 2.42. The number of nitrogens with two attached hydrogens (primary N) is 1. The van der Waals surface area contributed by atoms with E-state index in [1.165, 1.54) is 7.11 Å². The first-order valence-electron chi connectivity index (χ1n) is 9.24. The fraction of sp³-hybridized carbons (Fsp3) is 0.476. The van der Waals surface area contributed by atoms with Crippen LogP contribution in [0.4, 0.5) is 5.69 Å². The van der Waals surface area contributed by atoms with Gasteiger partial charge in [0.15, 0.2) is 0 Å². The number of nitrogens with zero attached hydrogens (tertiary/aromatic N) is 1. The molecule has 2 atom stereocenters. The standard InChI is InChI=1S/C21H28N2O5/c1-12(2)28-21(25)18-14(4)23-13(3)17(20(24)27-10-9-26-5)19(18)15-7-6-8-16(22)11-15/h6-8,11-12,17,19H,9-10,22H2,1-5H3/t17?,19-/m0/s1. The van der Waals surface area contributed by atoms with Crippen molar-refractivity contribution in [3.05, 3.63) is 41.1 Å². The van der Waals surface area contributed by atoms with Gasteiger partial charge < -0.3 is 19.9 Å². The molecule has 2 N–H and O–H groups in total. The molecule has 0 aromatic heterocycles. The van der Waals surface area contributed by atoms with Crippen molar-refractivity contribution in [1.29, 1.82) is 0 Å². The second-order valence-electron chi connectivity index (χ2n) is 6.99. The third-order valence-corrected chi connectivity index (χ3v) is 4.45. The molecule has 0 bridgehead atoms. The maximum absolute atomic E-state index is 12.9. The third kappa shape index (κ3) is 4.98. The topological polar surface area (TPSA) is 100 Å². The van der Waals surface area contributed by atoms with Crippen LogP contribution in [0.3, 0.4) is 0 Å². The highest BCUT2D eigenvalue weighted by Crippen LogP contribution is 2.40. The Balaban J connectivity index is 2.53. The van der Waals surface area contributed by atoms with Crippen LogP contribution >= 0.6 is 0 Å². The minimum absolute atomic E-state index is 0.122. The Morgan fingerprint density at radius 1 is 1.21 bits per heavy atom. The van der Waals surface area contributed by atoms with Crippen molar-refractivity contribution in [2.24, 2.45) is 10.9 Å². The molecular formula is C21H28N2O5. The van der Waals surface area contributed by atoms with Crippen LogP contribution in [0, 0.1) is 5.92 Å². The molecule has 1 unspecified atom stereocenters. The quantitative estimate of drug-likeness (QED) is 0.438. The second kappa shape index (κ2) is 9.50. The summed E-state index contributed by atoms with van der Waals surface area (Å²) >= 11 is 0. The number of benzene rings is 1. The van der Waals surface area contributed by atoms with Gasteiger partial charge in [0.05, 0.1) is 18.3 Å². The number of ether oxygens (including phenoxy) is 3. The van der Waals surface area contributed by atoms with E-state index in [0.717, 1.165) is 5.56 Å². The van der Waals surface area contributed by atoms with Gasteiger partial charge in [-0.1, -0.05) is 12.1 Å². The van der Waals surface area contributed by atoms with Crippen molar-refractivity contribution in [2.45, 2.75) is 39.7 Å². The molecule has 1 aliphatic heterocycles. The monoisotopic (exact) mass is 388 g/mol. The molecule has 0 fully saturated rings. The Bertz CT molecular complexity index is 798. The minimum atomic E-state index is -0.753. The van der Waals surface area contributed by atoms with E-state index in [9.17, 15) is 9.59 Å². The van der Waals surface area contributed by atoms with Crippen molar-refractivity contribution >= 4 is 23.3 Å². The fourth-order valence-electron chi connectivity index (χ4n) is 3.31. The zero-order valence-corrected chi connectivity index (χ0v) is 17.0. The number of methoxy groups -OCH3 is 1. The zero-order valence-electron chi connectivity index (χ0n) is 17.0. The molecule has 0 saturated heterocycles. The number of rotatable bonds is 7. The third-order valence-electron chi connectivity index (χ3n) is 4.45. The van der Waals surface area contributed by atoms with Crippen LogP contribution in [-0.4, -0.2) is 44.1 Å². The van der Waals surface area contributed by atoms with E-state index in [-0.39, 0.29) is 19.3 Å². The van der Waals surface area contributed by atoms with Gasteiger partial charge in [0.2, 0.25) is 0 Å². The van der Waals surface area contributed by atoms with Crippen LogP contribution in [0.2, 0.25) is 0 Å². The molecule has 7 nitrogen and oxygen atoms in total. The Hall–Kier alpha value is -2.67. The van der Waals surface area contributed by atoms with Gasteiger partial charge in [0.1, 0.15) is 12.5 Å². The molecule has 1 aromatic rings. The summed E-state index contributed by atoms with van der Waals surface area (Å²) in [5.41, 5.74) is 8.68. The van der Waals surface area contributed by atoms with Crippen molar-refractivity contribution in [3.8, 4) is 0 Å². The first-order valence-corrected chi connectivity index (χ1v) is 9.24. The number of carbonyl (C=O) groups excluding carboxylic acids is 2. The average molecular weight is 388 g/mol. The number of hydrogen-bond acceptors (Lipinski definition) is 7. The molecule has 1 aliphatic rings. The normalized spacial score (nSPS) is 19.4. The Morgan fingerprint density at radius 3 is 2.54 bits per heavy atom. The highest BCUT2D eigenvalue weighted by molar-refractivity contribution is 6.07. The number of hydrogen-bond donors (Lipinski definition) is 1. The van der Waals surface area contributed by atoms with Crippen LogP contribution in [0.25, 0.3) is 0 Å². The number of aliphatic imine (C=N–C) groups is 1. The zero-order chi connectivity index (χ0) is 20.8. The van der Waals surface area contributed by atoms with Crippen molar-refractivity contribution < 1.29 is 23.8 Å². The van der Waals surface area contributed by atoms with E-state index < -0.39 is 23.8 Å². The van der Waals surface area contributed by atoms with Crippen molar-refractivity contribution in [1.82, 2.24) is 0 Å². The van der Waals surface area contributed by atoms with Crippen LogP contribution in [0.1, 0.15) is 39.2 Å². The molecule has 1 heterocycles. The van der Waals surface area contributed by atoms with E-state index in [2.05, 4.69) is 4.99 Å². The summed E-state index contributed by atoms with van der Waals surface area (Å²) in [6, 6.07) is 7.14. The lowest BCUT2D eigenvalue weighted by molar-refractivity contribution is -0.148. The number of carbonyl (C=O) groups is 2. The lowest BCUT2D eigenvalue weighted by Gasteiger charge is -2.32. The van der Waals surface area contributed by atoms with Gasteiger partial charge in [-0.15, -0.1) is 0 Å². The van der Waals surface area contributed by atoms with Gasteiger partial charge in [0, 0.05) is 30.1 Å². The second-order valence-corrected chi connectivity index (χ2v) is 6.99. The van der Waals surface area contributed by atoms with Crippen LogP contribution in [-0.2, 0) is 23.8 Å². The largest absolute Gasteiger partial charge is 0.463 e. The van der Waals surface area contributed by atoms with E-state index in [0.29, 0.717) is 22.7 Å². The molecular weight excluding hydrogens is 360 g/mol. The first-order chi connectivity index (χ1) is 13.3. The number of nitrogen functional groups attached to an aromatic ring is 1. The molecule has 0 spiro atoms. The van der Waals surface area contributed by atoms with Gasteiger partial charge in [-0.3, -0.25) is 9.79 Å². The minimum Gasteiger partial charge on any atom is -0.463 e. The maximum Gasteiger partial charge on any atom is 0.336 e. The Morgan fingerprint density at radius 2 is 1.93 bits per heavy atom. The van der Waals surface area contributed by atoms with Gasteiger partial charge >= 0.3 is 11.9 Å². The first kappa shape index (κ1) is 21.6. The van der Waals surface area contributed by atoms with E-state index in [1.54, 1.807) is 45.9 Å². The molecule has 0 amide bonds. The van der Waals surface area contributed by atoms with E-state index >= 15 is 0 Å². The summed E-state index contributed by atoms with van der Waals surface area (Å²) in [4.78, 5) is 30.2. The summed E-state index contributed by atoms with van der Waals surface area (Å²) in [7, 11) is 1.53. The summed E-state index contributed by atoms with van der Waals surface area (Å²) < 4.78 is 15.7. The molecule has 7 heteroatoms. The summed E-state index contributed by atoms with van der Waals surface area (Å²) in [5.74, 6) is -2.31. The predicted octanol–water partition coefficient (Wildman–Crippen LogP) is 2.86. The maximum atomic E-state index is 12.9. The summed E-state index contributed by atoms with van der Waals surface area (Å²) in [6.07, 6.45) is -0.298. The Labute approximate surface area is 165 Å². The van der Waals surface area contributed by atoms with Gasteiger partial charge in [-0.05, 0) is 45.4 Å². The molecule has 0 radical (unpaired) electrons. The van der Waals surface area contributed by atoms with Crippen molar-refractivity contribution in [3.63, 3.8) is 0 Å². The molecule has 0 aliphatic carbocycles. The van der Waals surface area contributed by atoms with Gasteiger partial charge in [-0.25, -0.2) is 4.79 Å². The van der Waals surface area contributed by atoms with E-state index in [1.807, 2.05) is 6.07 Å². The molecule has 2 rings (SSSR count). The van der Waals surface area contributed by atoms with Crippen LogP contribution < -0.4 is 5.73 Å². The smallest absolute Gasteiger partial charge is 0.336 e. The lowest BCUT2D eigenvalue weighted by atomic mass is 9.75. The van der Waals surface area contributed by atoms with Crippen molar-refractivity contribution in [2.75, 3.05) is 26.1 Å². The van der Waals surface area contributed by atoms with Crippen LogP contribution in [0.5, 0.6) is 0 Å². The van der Waals surface area contributed by atoms with Gasteiger partial charge in [0.25, 0.3) is 0 Å². The molecule has 1 aromatic carbocycles. The Kier molecular flexibility index (Phi) is 7.34. The van der Waals surface area contributed by atoms with E-state index in [4.69, 9.17) is 19.9 Å². The van der Waals surface area contributed by atoms with Gasteiger partial charge in [-0.2, -0.15) is 0 Å². The summed E-state index contributed by atoms with van der Waals surface area (Å²) in [5, 5.41) is 0. The molecule has 0 saturated carbocycles.